The van der Waals surface area contributed by atoms with Crippen molar-refractivity contribution in [1.82, 2.24) is 4.90 Å². The van der Waals surface area contributed by atoms with Crippen LogP contribution in [0.4, 0.5) is 30.7 Å². The van der Waals surface area contributed by atoms with Gasteiger partial charge in [0.15, 0.2) is 0 Å². The molecule has 36 heavy (non-hydrogen) atoms. The summed E-state index contributed by atoms with van der Waals surface area (Å²) in [5.74, 6) is -1.21. The lowest BCUT2D eigenvalue weighted by atomic mass is 9.79. The fourth-order valence-corrected chi connectivity index (χ4v) is 5.21. The highest BCUT2D eigenvalue weighted by Gasteiger charge is 2.51. The molecule has 0 spiro atoms. The van der Waals surface area contributed by atoms with Gasteiger partial charge in [-0.15, -0.1) is 0 Å². The van der Waals surface area contributed by atoms with Gasteiger partial charge in [-0.1, -0.05) is 12.1 Å². The summed E-state index contributed by atoms with van der Waals surface area (Å²) in [7, 11) is 0. The van der Waals surface area contributed by atoms with E-state index in [0.29, 0.717) is 24.1 Å². The van der Waals surface area contributed by atoms with Gasteiger partial charge in [-0.2, -0.15) is 26.3 Å². The third kappa shape index (κ3) is 5.36. The highest BCUT2D eigenvalue weighted by Crippen LogP contribution is 2.45. The maximum absolute atomic E-state index is 13.6. The van der Waals surface area contributed by atoms with Gasteiger partial charge >= 0.3 is 12.4 Å². The SMILES string of the molecule is C[C@@H](O[C@H]1CN2C(=O)CC(C)(N)CC2C1c1ccc(F)cc1)c1cc(C(F)(F)F)cc(C(F)(F)F)c1. The summed E-state index contributed by atoms with van der Waals surface area (Å²) in [6.07, 6.45) is -11.4. The summed E-state index contributed by atoms with van der Waals surface area (Å²) in [5, 5.41) is 0. The lowest BCUT2D eigenvalue weighted by Crippen LogP contribution is -2.54. The highest BCUT2D eigenvalue weighted by molar-refractivity contribution is 5.79. The van der Waals surface area contributed by atoms with Crippen LogP contribution in [-0.2, 0) is 21.9 Å². The van der Waals surface area contributed by atoms with E-state index >= 15 is 0 Å². The molecule has 2 fully saturated rings. The predicted molar refractivity (Wildman–Crippen MR) is 116 cm³/mol. The molecule has 11 heteroatoms. The average Bonchev–Trinajstić information content (AvgIpc) is 3.09. The van der Waals surface area contributed by atoms with E-state index in [1.165, 1.54) is 31.2 Å². The quantitative estimate of drug-likeness (QED) is 0.520. The minimum absolute atomic E-state index is 0.0636. The number of halogens is 7. The van der Waals surface area contributed by atoms with Crippen molar-refractivity contribution in [2.45, 2.75) is 68.7 Å². The van der Waals surface area contributed by atoms with Crippen molar-refractivity contribution < 1.29 is 40.3 Å². The first-order valence-corrected chi connectivity index (χ1v) is 11.3. The molecule has 0 aromatic heterocycles. The normalized spacial score (nSPS) is 27.8. The maximum atomic E-state index is 13.6. The molecular weight excluding hydrogens is 493 g/mol. The topological polar surface area (TPSA) is 55.6 Å². The zero-order chi connectivity index (χ0) is 26.6. The van der Waals surface area contributed by atoms with Gasteiger partial charge in [0, 0.05) is 30.5 Å². The second-order valence-electron chi connectivity index (χ2n) is 9.88. The summed E-state index contributed by atoms with van der Waals surface area (Å²) >= 11 is 0. The molecule has 2 aromatic rings. The first-order chi connectivity index (χ1) is 16.5. The van der Waals surface area contributed by atoms with E-state index < -0.39 is 59.0 Å². The Balaban J connectivity index is 1.70. The maximum Gasteiger partial charge on any atom is 0.416 e. The molecule has 2 N–H and O–H groups in total. The summed E-state index contributed by atoms with van der Waals surface area (Å²) < 4.78 is 99.7. The van der Waals surface area contributed by atoms with E-state index in [2.05, 4.69) is 0 Å². The van der Waals surface area contributed by atoms with E-state index in [4.69, 9.17) is 10.5 Å². The number of fused-ring (bicyclic) bond motifs is 1. The van der Waals surface area contributed by atoms with Crippen LogP contribution in [0.25, 0.3) is 0 Å². The standard InChI is InChI=1S/C25H25F7N2O2/c1-13(15-7-16(24(27,28)29)9-17(8-15)25(30,31)32)36-20-12-34-19(10-23(2,33)11-21(34)35)22(20)14-3-5-18(26)6-4-14/h3-9,13,19-20,22H,10-12,33H2,1-2H3/t13-,19?,20+,22?,23?/m1/s1. The number of nitrogens with zero attached hydrogens (tertiary/aromatic N) is 1. The molecular formula is C25H25F7N2O2. The van der Waals surface area contributed by atoms with Gasteiger partial charge in [0.05, 0.1) is 23.3 Å². The van der Waals surface area contributed by atoms with Crippen LogP contribution in [0.3, 0.4) is 0 Å². The largest absolute Gasteiger partial charge is 0.416 e. The zero-order valence-electron chi connectivity index (χ0n) is 19.5. The summed E-state index contributed by atoms with van der Waals surface area (Å²) in [5.41, 5.74) is 2.94. The van der Waals surface area contributed by atoms with Crippen LogP contribution in [0.1, 0.15) is 61.0 Å². The molecule has 196 valence electrons. The zero-order valence-corrected chi connectivity index (χ0v) is 19.5. The van der Waals surface area contributed by atoms with Gasteiger partial charge in [-0.05, 0) is 61.7 Å². The van der Waals surface area contributed by atoms with Gasteiger partial charge in [-0.3, -0.25) is 4.79 Å². The average molecular weight is 518 g/mol. The Bertz CT molecular complexity index is 1100. The first-order valence-electron chi connectivity index (χ1n) is 11.3. The van der Waals surface area contributed by atoms with Crippen molar-refractivity contribution >= 4 is 5.91 Å². The molecule has 4 rings (SSSR count). The Morgan fingerprint density at radius 1 is 1.03 bits per heavy atom. The fraction of sp³-hybridized carbons (Fsp3) is 0.480. The minimum atomic E-state index is -4.99. The van der Waals surface area contributed by atoms with E-state index in [9.17, 15) is 35.5 Å². The molecule has 2 aromatic carbocycles. The number of nitrogens with two attached hydrogens (primary N) is 1. The van der Waals surface area contributed by atoms with E-state index in [-0.39, 0.29) is 30.5 Å². The number of alkyl halides is 6. The van der Waals surface area contributed by atoms with E-state index in [1.54, 1.807) is 11.8 Å². The van der Waals surface area contributed by atoms with Crippen molar-refractivity contribution in [3.05, 3.63) is 70.5 Å². The number of amides is 1. The van der Waals surface area contributed by atoms with Crippen LogP contribution in [0.15, 0.2) is 42.5 Å². The highest BCUT2D eigenvalue weighted by atomic mass is 19.4. The monoisotopic (exact) mass is 518 g/mol. The minimum Gasteiger partial charge on any atom is -0.368 e. The lowest BCUT2D eigenvalue weighted by Gasteiger charge is -2.41. The van der Waals surface area contributed by atoms with Crippen molar-refractivity contribution in [2.75, 3.05) is 6.54 Å². The van der Waals surface area contributed by atoms with Crippen molar-refractivity contribution in [1.29, 1.82) is 0 Å². The van der Waals surface area contributed by atoms with Gasteiger partial charge in [0.1, 0.15) is 5.82 Å². The molecule has 2 saturated heterocycles. The molecule has 4 nitrogen and oxygen atoms in total. The summed E-state index contributed by atoms with van der Waals surface area (Å²) in [4.78, 5) is 14.4. The van der Waals surface area contributed by atoms with Gasteiger partial charge < -0.3 is 15.4 Å². The number of piperidine rings is 1. The second-order valence-corrected chi connectivity index (χ2v) is 9.88. The van der Waals surface area contributed by atoms with Crippen molar-refractivity contribution in [2.24, 2.45) is 5.73 Å². The Labute approximate surface area is 203 Å². The Morgan fingerprint density at radius 2 is 1.58 bits per heavy atom. The fourth-order valence-electron chi connectivity index (χ4n) is 5.21. The predicted octanol–water partition coefficient (Wildman–Crippen LogP) is 5.82. The number of carbonyl (C=O) groups excluding carboxylic acids is 1. The number of carbonyl (C=O) groups is 1. The van der Waals surface area contributed by atoms with Crippen LogP contribution in [0, 0.1) is 5.82 Å². The third-order valence-electron chi connectivity index (χ3n) is 6.86. The third-order valence-corrected chi connectivity index (χ3v) is 6.86. The molecule has 2 heterocycles. The number of benzene rings is 2. The lowest BCUT2D eigenvalue weighted by molar-refractivity contribution is -0.143. The second kappa shape index (κ2) is 9.02. The summed E-state index contributed by atoms with van der Waals surface area (Å²) in [6, 6.07) is 6.46. The van der Waals surface area contributed by atoms with Gasteiger partial charge in [0.25, 0.3) is 0 Å². The molecule has 0 bridgehead atoms. The Morgan fingerprint density at radius 3 is 2.11 bits per heavy atom. The summed E-state index contributed by atoms with van der Waals surface area (Å²) in [6.45, 7) is 3.18. The molecule has 2 aliphatic rings. The van der Waals surface area contributed by atoms with E-state index in [1.807, 2.05) is 0 Å². The molecule has 5 atom stereocenters. The first kappa shape index (κ1) is 26.4. The number of ether oxygens (including phenoxy) is 1. The van der Waals surface area contributed by atoms with Crippen LogP contribution < -0.4 is 5.73 Å². The molecule has 0 saturated carbocycles. The smallest absolute Gasteiger partial charge is 0.368 e. The molecule has 3 unspecified atom stereocenters. The number of hydrogen-bond acceptors (Lipinski definition) is 3. The van der Waals surface area contributed by atoms with Crippen molar-refractivity contribution in [3.63, 3.8) is 0 Å². The van der Waals surface area contributed by atoms with Crippen LogP contribution in [0.2, 0.25) is 0 Å². The molecule has 0 radical (unpaired) electrons. The number of hydrogen-bond donors (Lipinski definition) is 1. The Kier molecular flexibility index (Phi) is 6.62. The van der Waals surface area contributed by atoms with Crippen molar-refractivity contribution in [3.8, 4) is 0 Å². The number of rotatable bonds is 4. The van der Waals surface area contributed by atoms with Crippen LogP contribution in [0.5, 0.6) is 0 Å². The van der Waals surface area contributed by atoms with E-state index in [0.717, 1.165) is 0 Å². The molecule has 1 amide bonds. The Hall–Kier alpha value is -2.66. The molecule has 2 aliphatic heterocycles. The van der Waals surface area contributed by atoms with Gasteiger partial charge in [-0.25, -0.2) is 4.39 Å². The van der Waals surface area contributed by atoms with Crippen LogP contribution in [-0.4, -0.2) is 35.0 Å². The van der Waals surface area contributed by atoms with Crippen LogP contribution >= 0.6 is 0 Å². The van der Waals surface area contributed by atoms with Gasteiger partial charge in [0.2, 0.25) is 5.91 Å². The molecule has 0 aliphatic carbocycles.